The second-order valence-corrected chi connectivity index (χ2v) is 7.74. The van der Waals surface area contributed by atoms with Crippen molar-refractivity contribution in [3.63, 3.8) is 0 Å². The molecule has 0 aliphatic carbocycles. The topological polar surface area (TPSA) is 112 Å². The molecule has 8 nitrogen and oxygen atoms in total. The molecule has 0 unspecified atom stereocenters. The summed E-state index contributed by atoms with van der Waals surface area (Å²) in [6, 6.07) is 12.3. The van der Waals surface area contributed by atoms with Crippen molar-refractivity contribution in [3.05, 3.63) is 86.2 Å². The zero-order valence-corrected chi connectivity index (χ0v) is 16.8. The van der Waals surface area contributed by atoms with Crippen molar-refractivity contribution in [2.24, 2.45) is 0 Å². The summed E-state index contributed by atoms with van der Waals surface area (Å²) in [6.07, 6.45) is 3.02. The highest BCUT2D eigenvalue weighted by Crippen LogP contribution is 2.28. The number of rotatable bonds is 3. The number of thiazole rings is 1. The number of anilines is 1. The van der Waals surface area contributed by atoms with E-state index in [0.717, 1.165) is 15.8 Å². The predicted octanol–water partition coefficient (Wildman–Crippen LogP) is 3.22. The average molecular weight is 437 g/mol. The molecule has 0 atom stereocenters. The third-order valence-electron chi connectivity index (χ3n) is 4.65. The fourth-order valence-corrected chi connectivity index (χ4v) is 4.19. The number of hydrogen-bond acceptors (Lipinski definition) is 6. The van der Waals surface area contributed by atoms with Crippen LogP contribution in [-0.4, -0.2) is 24.1 Å². The quantitative estimate of drug-likeness (QED) is 0.451. The summed E-state index contributed by atoms with van der Waals surface area (Å²) in [7, 11) is 0. The third-order valence-corrected chi connectivity index (χ3v) is 5.61. The lowest BCUT2D eigenvalue weighted by Gasteiger charge is -2.09. The van der Waals surface area contributed by atoms with Gasteiger partial charge in [0.1, 0.15) is 10.7 Å². The second kappa shape index (κ2) is 6.97. The summed E-state index contributed by atoms with van der Waals surface area (Å²) in [6.45, 7) is 0. The first-order valence-corrected chi connectivity index (χ1v) is 10.1. The Labute approximate surface area is 177 Å². The van der Waals surface area contributed by atoms with Gasteiger partial charge in [0, 0.05) is 22.8 Å². The first kappa shape index (κ1) is 18.3. The van der Waals surface area contributed by atoms with E-state index in [1.807, 2.05) is 29.6 Å². The smallest absolute Gasteiger partial charge is 0.333 e. The molecule has 0 radical (unpaired) electrons. The molecule has 148 valence electrons. The number of benzene rings is 1. The zero-order valence-electron chi connectivity index (χ0n) is 15.2. The number of pyridine rings is 1. The van der Waals surface area contributed by atoms with Crippen LogP contribution in [0.3, 0.4) is 0 Å². The first-order chi connectivity index (χ1) is 14.5. The summed E-state index contributed by atoms with van der Waals surface area (Å²) in [5.41, 5.74) is 7.96. The van der Waals surface area contributed by atoms with Crippen molar-refractivity contribution >= 4 is 39.1 Å². The lowest BCUT2D eigenvalue weighted by atomic mass is 10.1. The fourth-order valence-electron chi connectivity index (χ4n) is 3.33. The molecule has 0 saturated heterocycles. The summed E-state index contributed by atoms with van der Waals surface area (Å²) in [5, 5.41) is 2.67. The number of aromatic nitrogens is 5. The molecule has 0 saturated carbocycles. The molecule has 0 bridgehead atoms. The SMILES string of the molecule is Nc1nc(-c2ccc(-n3c(Cl)cc4[nH]c(=O)n(-c5cccnc5)c(=O)c43)cc2)cs1. The van der Waals surface area contributed by atoms with Gasteiger partial charge in [0.2, 0.25) is 0 Å². The van der Waals surface area contributed by atoms with E-state index in [4.69, 9.17) is 17.3 Å². The van der Waals surface area contributed by atoms with Crippen molar-refractivity contribution in [1.29, 1.82) is 0 Å². The predicted molar refractivity (Wildman–Crippen MR) is 118 cm³/mol. The van der Waals surface area contributed by atoms with Crippen molar-refractivity contribution in [3.8, 4) is 22.6 Å². The Morgan fingerprint density at radius 2 is 1.87 bits per heavy atom. The molecular formula is C20H13ClN6O2S. The first-order valence-electron chi connectivity index (χ1n) is 8.81. The Morgan fingerprint density at radius 1 is 1.07 bits per heavy atom. The van der Waals surface area contributed by atoms with Gasteiger partial charge in [0.15, 0.2) is 5.13 Å². The van der Waals surface area contributed by atoms with Crippen LogP contribution < -0.4 is 17.0 Å². The number of hydrogen-bond donors (Lipinski definition) is 2. The van der Waals surface area contributed by atoms with Gasteiger partial charge >= 0.3 is 5.69 Å². The van der Waals surface area contributed by atoms with Crippen molar-refractivity contribution in [1.82, 2.24) is 24.1 Å². The van der Waals surface area contributed by atoms with Crippen LogP contribution in [0.25, 0.3) is 33.7 Å². The van der Waals surface area contributed by atoms with E-state index in [1.54, 1.807) is 29.0 Å². The molecule has 0 amide bonds. The van der Waals surface area contributed by atoms with Crippen molar-refractivity contribution in [2.75, 3.05) is 5.73 Å². The maximum Gasteiger partial charge on any atom is 0.333 e. The highest BCUT2D eigenvalue weighted by molar-refractivity contribution is 7.13. The molecule has 10 heteroatoms. The number of nitrogens with zero attached hydrogens (tertiary/aromatic N) is 4. The van der Waals surface area contributed by atoms with Crippen LogP contribution in [0.4, 0.5) is 5.13 Å². The van der Waals surface area contributed by atoms with Gasteiger partial charge in [-0.25, -0.2) is 14.3 Å². The van der Waals surface area contributed by atoms with Gasteiger partial charge in [-0.2, -0.15) is 0 Å². The van der Waals surface area contributed by atoms with Crippen LogP contribution in [-0.2, 0) is 0 Å². The molecule has 5 aromatic rings. The molecule has 3 N–H and O–H groups in total. The number of H-pyrrole nitrogens is 1. The Bertz CT molecular complexity index is 1500. The molecule has 4 heterocycles. The molecule has 0 fully saturated rings. The van der Waals surface area contributed by atoms with E-state index in [9.17, 15) is 9.59 Å². The molecule has 0 aliphatic heterocycles. The van der Waals surface area contributed by atoms with E-state index >= 15 is 0 Å². The van der Waals surface area contributed by atoms with Crippen molar-refractivity contribution < 1.29 is 0 Å². The molecule has 0 spiro atoms. The summed E-state index contributed by atoms with van der Waals surface area (Å²) in [5.74, 6) is 0. The maximum absolute atomic E-state index is 13.3. The Balaban J connectivity index is 1.71. The number of halogens is 1. The maximum atomic E-state index is 13.3. The molecule has 5 rings (SSSR count). The highest BCUT2D eigenvalue weighted by Gasteiger charge is 2.18. The Hall–Kier alpha value is -3.69. The molecule has 1 aromatic carbocycles. The number of nitrogen functional groups attached to an aromatic ring is 1. The summed E-state index contributed by atoms with van der Waals surface area (Å²) in [4.78, 5) is 36.8. The molecular weight excluding hydrogens is 424 g/mol. The van der Waals surface area contributed by atoms with Gasteiger partial charge in [0.25, 0.3) is 5.56 Å². The van der Waals surface area contributed by atoms with Crippen LogP contribution in [0, 0.1) is 0 Å². The highest BCUT2D eigenvalue weighted by atomic mass is 35.5. The third kappa shape index (κ3) is 2.92. The van der Waals surface area contributed by atoms with E-state index in [0.29, 0.717) is 27.2 Å². The average Bonchev–Trinajstić information content (AvgIpc) is 3.32. The van der Waals surface area contributed by atoms with E-state index in [-0.39, 0.29) is 5.52 Å². The van der Waals surface area contributed by atoms with Gasteiger partial charge in [-0.15, -0.1) is 11.3 Å². The van der Waals surface area contributed by atoms with Crippen molar-refractivity contribution in [2.45, 2.75) is 0 Å². The van der Waals surface area contributed by atoms with Gasteiger partial charge < -0.3 is 10.7 Å². The van der Waals surface area contributed by atoms with Crippen LogP contribution in [0.15, 0.2) is 69.8 Å². The lowest BCUT2D eigenvalue weighted by Crippen LogP contribution is -2.34. The lowest BCUT2D eigenvalue weighted by molar-refractivity contribution is 0.886. The minimum absolute atomic E-state index is 0.258. The van der Waals surface area contributed by atoms with Crippen LogP contribution in [0.1, 0.15) is 0 Å². The molecule has 30 heavy (non-hydrogen) atoms. The van der Waals surface area contributed by atoms with E-state index in [2.05, 4.69) is 15.0 Å². The fraction of sp³-hybridized carbons (Fsp3) is 0. The minimum atomic E-state index is -0.564. The van der Waals surface area contributed by atoms with Crippen LogP contribution in [0.5, 0.6) is 0 Å². The van der Waals surface area contributed by atoms with E-state index in [1.165, 1.54) is 17.5 Å². The number of fused-ring (bicyclic) bond motifs is 1. The zero-order chi connectivity index (χ0) is 20.8. The normalized spacial score (nSPS) is 11.2. The largest absolute Gasteiger partial charge is 0.375 e. The van der Waals surface area contributed by atoms with Gasteiger partial charge in [-0.1, -0.05) is 23.7 Å². The number of nitrogens with two attached hydrogens (primary N) is 1. The minimum Gasteiger partial charge on any atom is -0.375 e. The monoisotopic (exact) mass is 436 g/mol. The Morgan fingerprint density at radius 3 is 2.53 bits per heavy atom. The summed E-state index contributed by atoms with van der Waals surface area (Å²) >= 11 is 7.80. The van der Waals surface area contributed by atoms with Crippen LogP contribution >= 0.6 is 22.9 Å². The van der Waals surface area contributed by atoms with Gasteiger partial charge in [-0.05, 0) is 30.3 Å². The second-order valence-electron chi connectivity index (χ2n) is 6.46. The van der Waals surface area contributed by atoms with Gasteiger partial charge in [0.05, 0.1) is 23.1 Å². The van der Waals surface area contributed by atoms with Crippen LogP contribution in [0.2, 0.25) is 5.15 Å². The number of aromatic amines is 1. The standard InChI is InChI=1S/C20H13ClN6O2S/c21-16-8-14-17(18(28)27(20(29)25-14)13-2-1-7-23-9-13)26(16)12-5-3-11(4-6-12)15-10-30-19(22)24-15/h1-10H,(H2,22,24)(H,25,29). The summed E-state index contributed by atoms with van der Waals surface area (Å²) < 4.78 is 2.63. The molecule has 0 aliphatic rings. The molecule has 4 aromatic heterocycles. The number of nitrogens with one attached hydrogen (secondary N) is 1. The Kier molecular flexibility index (Phi) is 4.27. The van der Waals surface area contributed by atoms with Gasteiger partial charge in [-0.3, -0.25) is 14.3 Å². The van der Waals surface area contributed by atoms with E-state index < -0.39 is 11.2 Å².